The lowest BCUT2D eigenvalue weighted by molar-refractivity contribution is -0.136. The van der Waals surface area contributed by atoms with Crippen LogP contribution in [0.3, 0.4) is 0 Å². The molecule has 5 rings (SSSR count). The number of pyridine rings is 1. The van der Waals surface area contributed by atoms with Crippen molar-refractivity contribution in [3.8, 4) is 5.75 Å². The van der Waals surface area contributed by atoms with Crippen molar-refractivity contribution >= 4 is 22.6 Å². The molecule has 0 saturated carbocycles. The fourth-order valence-electron chi connectivity index (χ4n) is 4.52. The zero-order valence-electron chi connectivity index (χ0n) is 18.8. The number of hydrogen-bond donors (Lipinski definition) is 1. The topological polar surface area (TPSA) is 69.7 Å². The largest absolute Gasteiger partial charge is 0.489 e. The minimum atomic E-state index is -0.258. The Balaban J connectivity index is 1.29. The molecule has 1 N–H and O–H groups in total. The monoisotopic (exact) mass is 442 g/mol. The van der Waals surface area contributed by atoms with Gasteiger partial charge >= 0.3 is 5.97 Å². The predicted molar refractivity (Wildman–Crippen MR) is 126 cm³/mol. The van der Waals surface area contributed by atoms with E-state index in [-0.39, 0.29) is 12.1 Å². The van der Waals surface area contributed by atoms with Crippen LogP contribution in [0.2, 0.25) is 0 Å². The fourth-order valence-corrected chi connectivity index (χ4v) is 4.52. The van der Waals surface area contributed by atoms with E-state index >= 15 is 0 Å². The number of fused-ring (bicyclic) bond motifs is 1. The smallest absolute Gasteiger partial charge is 0.333 e. The summed E-state index contributed by atoms with van der Waals surface area (Å²) in [7, 11) is 1.42. The lowest BCUT2D eigenvalue weighted by Gasteiger charge is -2.11. The first-order valence-corrected chi connectivity index (χ1v) is 11.1. The Kier molecular flexibility index (Phi) is 5.84. The number of para-hydroxylation sites is 1. The number of ether oxygens (including phenoxy) is 2. The summed E-state index contributed by atoms with van der Waals surface area (Å²) in [5.74, 6) is 0.534. The molecule has 0 spiro atoms. The van der Waals surface area contributed by atoms with Gasteiger partial charge in [-0.2, -0.15) is 0 Å². The highest BCUT2D eigenvalue weighted by molar-refractivity contribution is 5.90. The maximum atomic E-state index is 12.0. The fraction of sp³-hybridized carbons (Fsp3) is 0.259. The zero-order chi connectivity index (χ0) is 22.8. The molecule has 33 heavy (non-hydrogen) atoms. The average Bonchev–Trinajstić information content (AvgIpc) is 3.52. The lowest BCUT2D eigenvalue weighted by Crippen LogP contribution is -2.16. The summed E-state index contributed by atoms with van der Waals surface area (Å²) in [4.78, 5) is 22.4. The number of carbonyl (C=O) groups is 1. The van der Waals surface area contributed by atoms with Crippen LogP contribution in [0, 0.1) is 6.92 Å². The van der Waals surface area contributed by atoms with E-state index in [1.165, 1.54) is 7.11 Å². The normalized spacial score (nSPS) is 17.8. The maximum Gasteiger partial charge on any atom is 0.333 e. The number of carbonyl (C=O) groups excluding carboxylic acids is 1. The van der Waals surface area contributed by atoms with E-state index in [0.717, 1.165) is 69.6 Å². The van der Waals surface area contributed by atoms with Gasteiger partial charge in [0.25, 0.3) is 0 Å². The second-order valence-electron chi connectivity index (χ2n) is 8.32. The molecule has 1 aromatic heterocycles. The van der Waals surface area contributed by atoms with Gasteiger partial charge in [-0.15, -0.1) is 0 Å². The van der Waals surface area contributed by atoms with E-state index in [0.29, 0.717) is 6.61 Å². The van der Waals surface area contributed by atoms with Crippen LogP contribution in [-0.2, 0) is 21.0 Å². The predicted octanol–water partition coefficient (Wildman–Crippen LogP) is 5.02. The van der Waals surface area contributed by atoms with Crippen molar-refractivity contribution in [3.05, 3.63) is 88.6 Å². The van der Waals surface area contributed by atoms with Gasteiger partial charge in [-0.3, -0.25) is 15.3 Å². The Morgan fingerprint density at radius 3 is 2.79 bits per heavy atom. The van der Waals surface area contributed by atoms with E-state index in [4.69, 9.17) is 14.3 Å². The maximum absolute atomic E-state index is 12.0. The number of aryl methyl sites for hydroxylation is 1. The molecule has 0 amide bonds. The molecule has 168 valence electrons. The first kappa shape index (κ1) is 21.2. The molecule has 6 nitrogen and oxygen atoms in total. The molecule has 0 radical (unpaired) electrons. The third-order valence-corrected chi connectivity index (χ3v) is 6.14. The number of methoxy groups -OCH3 is 1. The third-order valence-electron chi connectivity index (χ3n) is 6.14. The van der Waals surface area contributed by atoms with E-state index < -0.39 is 0 Å². The highest BCUT2D eigenvalue weighted by atomic mass is 16.7. The van der Waals surface area contributed by atoms with Crippen LogP contribution in [0.1, 0.15) is 36.1 Å². The molecule has 1 unspecified atom stereocenters. The van der Waals surface area contributed by atoms with Crippen LogP contribution in [0.25, 0.3) is 16.6 Å². The van der Waals surface area contributed by atoms with Crippen molar-refractivity contribution in [1.82, 2.24) is 10.5 Å². The molecule has 1 aliphatic heterocycles. The van der Waals surface area contributed by atoms with Crippen molar-refractivity contribution < 1.29 is 19.1 Å². The first-order chi connectivity index (χ1) is 16.1. The van der Waals surface area contributed by atoms with Crippen molar-refractivity contribution in [2.75, 3.05) is 7.11 Å². The molecule has 0 fully saturated rings. The van der Waals surface area contributed by atoms with E-state index in [1.54, 1.807) is 0 Å². The average molecular weight is 443 g/mol. The van der Waals surface area contributed by atoms with Crippen LogP contribution < -0.4 is 10.2 Å². The minimum Gasteiger partial charge on any atom is -0.489 e. The SMILES string of the molecule is COC(=O)C1=C(C2C=C(c3ccc(OCc4cc(C)nc5ccccc45)cc3)NO2)CCC1. The van der Waals surface area contributed by atoms with Gasteiger partial charge in [0.15, 0.2) is 0 Å². The number of benzene rings is 2. The van der Waals surface area contributed by atoms with E-state index in [9.17, 15) is 4.79 Å². The van der Waals surface area contributed by atoms with Gasteiger partial charge in [0.1, 0.15) is 18.5 Å². The summed E-state index contributed by atoms with van der Waals surface area (Å²) in [5.41, 5.74) is 9.70. The van der Waals surface area contributed by atoms with Gasteiger partial charge in [0, 0.05) is 22.2 Å². The van der Waals surface area contributed by atoms with Crippen molar-refractivity contribution in [3.63, 3.8) is 0 Å². The summed E-state index contributed by atoms with van der Waals surface area (Å²) >= 11 is 0. The number of hydrogen-bond acceptors (Lipinski definition) is 6. The van der Waals surface area contributed by atoms with Gasteiger partial charge < -0.3 is 9.47 Å². The molecule has 2 heterocycles. The lowest BCUT2D eigenvalue weighted by atomic mass is 10.0. The van der Waals surface area contributed by atoms with Gasteiger partial charge in [0.2, 0.25) is 0 Å². The number of nitrogens with zero attached hydrogens (tertiary/aromatic N) is 1. The van der Waals surface area contributed by atoms with Crippen molar-refractivity contribution in [1.29, 1.82) is 0 Å². The Morgan fingerprint density at radius 1 is 1.15 bits per heavy atom. The number of esters is 1. The quantitative estimate of drug-likeness (QED) is 0.541. The minimum absolute atomic E-state index is 0.254. The molecule has 0 saturated heterocycles. The molecular weight excluding hydrogens is 416 g/mol. The van der Waals surface area contributed by atoms with Crippen LogP contribution in [-0.4, -0.2) is 24.2 Å². The third kappa shape index (κ3) is 4.34. The standard InChI is InChI=1S/C27H26N2O4/c1-17-14-19(21-6-3-4-9-24(21)28-17)16-32-20-12-10-18(11-13-20)25-15-26(33-29-25)22-7-5-8-23(22)27(30)31-2/h3-4,6,9-15,26,29H,5,7-8,16H2,1-2H3. The summed E-state index contributed by atoms with van der Waals surface area (Å²) in [6, 6.07) is 18.1. The van der Waals surface area contributed by atoms with Crippen LogP contribution >= 0.6 is 0 Å². The summed E-state index contributed by atoms with van der Waals surface area (Å²) < 4.78 is 11.0. The Bertz CT molecular complexity index is 1260. The second-order valence-corrected chi connectivity index (χ2v) is 8.32. The van der Waals surface area contributed by atoms with Gasteiger partial charge in [-0.25, -0.2) is 4.79 Å². The number of nitrogens with one attached hydrogen (secondary N) is 1. The zero-order valence-corrected chi connectivity index (χ0v) is 18.8. The summed E-state index contributed by atoms with van der Waals surface area (Å²) in [5, 5.41) is 1.11. The molecule has 3 aromatic rings. The molecule has 1 atom stereocenters. The Hall–Kier alpha value is -3.64. The van der Waals surface area contributed by atoms with Crippen LogP contribution in [0.4, 0.5) is 0 Å². The molecule has 2 aliphatic rings. The van der Waals surface area contributed by atoms with Crippen molar-refractivity contribution in [2.24, 2.45) is 0 Å². The number of rotatable bonds is 6. The van der Waals surface area contributed by atoms with Gasteiger partial charge in [-0.1, -0.05) is 18.2 Å². The highest BCUT2D eigenvalue weighted by Crippen LogP contribution is 2.34. The molecule has 1 aliphatic carbocycles. The highest BCUT2D eigenvalue weighted by Gasteiger charge is 2.30. The second kappa shape index (κ2) is 9.08. The summed E-state index contributed by atoms with van der Waals surface area (Å²) in [6.07, 6.45) is 4.29. The molecule has 0 bridgehead atoms. The summed E-state index contributed by atoms with van der Waals surface area (Å²) in [6.45, 7) is 2.47. The number of aromatic nitrogens is 1. The van der Waals surface area contributed by atoms with Gasteiger partial charge in [0.05, 0.1) is 18.3 Å². The molecule has 2 aromatic carbocycles. The van der Waals surface area contributed by atoms with Gasteiger partial charge in [-0.05, 0) is 79.8 Å². The first-order valence-electron chi connectivity index (χ1n) is 11.1. The van der Waals surface area contributed by atoms with Crippen molar-refractivity contribution in [2.45, 2.75) is 38.9 Å². The van der Waals surface area contributed by atoms with Crippen LogP contribution in [0.5, 0.6) is 5.75 Å². The van der Waals surface area contributed by atoms with Crippen LogP contribution in [0.15, 0.2) is 71.8 Å². The molecular formula is C27H26N2O4. The van der Waals surface area contributed by atoms with E-state index in [1.807, 2.05) is 55.5 Å². The Labute approximate surface area is 192 Å². The number of hydroxylamine groups is 1. The molecule has 6 heteroatoms. The van der Waals surface area contributed by atoms with E-state index in [2.05, 4.69) is 22.6 Å². The Morgan fingerprint density at radius 2 is 1.97 bits per heavy atom.